The molecule has 1 N–H and O–H groups in total. The predicted octanol–water partition coefficient (Wildman–Crippen LogP) is 1.69. The molecule has 20 heavy (non-hydrogen) atoms. The molecule has 2 aromatic heterocycles. The number of ether oxygens (including phenoxy) is 1. The topological polar surface area (TPSA) is 64.9 Å². The van der Waals surface area contributed by atoms with Gasteiger partial charge in [0.1, 0.15) is 6.33 Å². The van der Waals surface area contributed by atoms with Gasteiger partial charge in [0.05, 0.1) is 18.8 Å². The van der Waals surface area contributed by atoms with Crippen LogP contribution in [0.25, 0.3) is 0 Å². The van der Waals surface area contributed by atoms with Crippen LogP contribution >= 0.6 is 0 Å². The lowest BCUT2D eigenvalue weighted by molar-refractivity contribution is 0.391. The van der Waals surface area contributed by atoms with Crippen LogP contribution in [0.3, 0.4) is 0 Å². The van der Waals surface area contributed by atoms with Gasteiger partial charge in [-0.2, -0.15) is 5.10 Å². The van der Waals surface area contributed by atoms with Crippen molar-refractivity contribution < 1.29 is 4.74 Å². The molecule has 0 saturated carbocycles. The SMILES string of the molecule is COc1nc(CN[C@@H](C)c2ncn(C)n2)c(C)cc1C. The quantitative estimate of drug-likeness (QED) is 0.899. The molecule has 2 rings (SSSR count). The minimum Gasteiger partial charge on any atom is -0.481 e. The van der Waals surface area contributed by atoms with Crippen molar-refractivity contribution in [3.8, 4) is 5.88 Å². The third-order valence-corrected chi connectivity index (χ3v) is 3.24. The highest BCUT2D eigenvalue weighted by Crippen LogP contribution is 2.18. The Morgan fingerprint density at radius 3 is 2.70 bits per heavy atom. The third kappa shape index (κ3) is 3.14. The summed E-state index contributed by atoms with van der Waals surface area (Å²) in [6.07, 6.45) is 1.70. The van der Waals surface area contributed by atoms with E-state index in [0.29, 0.717) is 12.4 Å². The first-order chi connectivity index (χ1) is 9.51. The van der Waals surface area contributed by atoms with E-state index in [1.165, 1.54) is 0 Å². The summed E-state index contributed by atoms with van der Waals surface area (Å²) in [7, 11) is 3.50. The number of aryl methyl sites for hydroxylation is 3. The lowest BCUT2D eigenvalue weighted by Gasteiger charge is -2.13. The van der Waals surface area contributed by atoms with Crippen molar-refractivity contribution >= 4 is 0 Å². The Bertz CT molecular complexity index is 593. The molecule has 0 aliphatic rings. The van der Waals surface area contributed by atoms with Gasteiger partial charge in [0.15, 0.2) is 5.82 Å². The monoisotopic (exact) mass is 275 g/mol. The summed E-state index contributed by atoms with van der Waals surface area (Å²) >= 11 is 0. The van der Waals surface area contributed by atoms with Crippen LogP contribution in [-0.2, 0) is 13.6 Å². The number of methoxy groups -OCH3 is 1. The van der Waals surface area contributed by atoms with E-state index in [2.05, 4.69) is 33.4 Å². The van der Waals surface area contributed by atoms with Crippen LogP contribution in [0.2, 0.25) is 0 Å². The molecule has 2 heterocycles. The van der Waals surface area contributed by atoms with Crippen molar-refractivity contribution in [3.63, 3.8) is 0 Å². The lowest BCUT2D eigenvalue weighted by atomic mass is 10.1. The van der Waals surface area contributed by atoms with Crippen molar-refractivity contribution in [2.75, 3.05) is 7.11 Å². The molecule has 0 fully saturated rings. The molecule has 0 bridgehead atoms. The Kier molecular flexibility index (Phi) is 4.34. The van der Waals surface area contributed by atoms with Gasteiger partial charge in [-0.15, -0.1) is 0 Å². The van der Waals surface area contributed by atoms with E-state index in [1.54, 1.807) is 18.1 Å². The molecule has 2 aromatic rings. The number of aromatic nitrogens is 4. The van der Waals surface area contributed by atoms with Crippen LogP contribution in [0.4, 0.5) is 0 Å². The first kappa shape index (κ1) is 14.5. The Morgan fingerprint density at radius 1 is 1.35 bits per heavy atom. The molecule has 6 heteroatoms. The molecule has 0 amide bonds. The summed E-state index contributed by atoms with van der Waals surface area (Å²) in [5, 5.41) is 7.67. The first-order valence-electron chi connectivity index (χ1n) is 6.61. The largest absolute Gasteiger partial charge is 0.481 e. The maximum Gasteiger partial charge on any atom is 0.216 e. The zero-order valence-electron chi connectivity index (χ0n) is 12.6. The molecule has 0 radical (unpaired) electrons. The summed E-state index contributed by atoms with van der Waals surface area (Å²) in [4.78, 5) is 8.77. The Morgan fingerprint density at radius 2 is 2.10 bits per heavy atom. The molecule has 0 aliphatic carbocycles. The highest BCUT2D eigenvalue weighted by molar-refractivity contribution is 5.32. The average molecular weight is 275 g/mol. The van der Waals surface area contributed by atoms with Crippen LogP contribution in [-0.4, -0.2) is 26.9 Å². The van der Waals surface area contributed by atoms with Crippen LogP contribution in [0.15, 0.2) is 12.4 Å². The van der Waals surface area contributed by atoms with Gasteiger partial charge in [-0.1, -0.05) is 0 Å². The zero-order chi connectivity index (χ0) is 14.7. The van der Waals surface area contributed by atoms with E-state index in [9.17, 15) is 0 Å². The molecule has 0 aromatic carbocycles. The number of nitrogens with one attached hydrogen (secondary N) is 1. The third-order valence-electron chi connectivity index (χ3n) is 3.24. The van der Waals surface area contributed by atoms with Gasteiger partial charge in [-0.25, -0.2) is 9.97 Å². The minimum absolute atomic E-state index is 0.0738. The summed E-state index contributed by atoms with van der Waals surface area (Å²) in [5.74, 6) is 1.46. The van der Waals surface area contributed by atoms with Gasteiger partial charge in [0.2, 0.25) is 5.88 Å². The number of hydrogen-bond acceptors (Lipinski definition) is 5. The van der Waals surface area contributed by atoms with E-state index in [1.807, 2.05) is 20.9 Å². The molecule has 0 spiro atoms. The molecule has 1 atom stereocenters. The van der Waals surface area contributed by atoms with Crippen LogP contribution in [0, 0.1) is 13.8 Å². The van der Waals surface area contributed by atoms with Crippen molar-refractivity contribution in [1.29, 1.82) is 0 Å². The fraction of sp³-hybridized carbons (Fsp3) is 0.500. The summed E-state index contributed by atoms with van der Waals surface area (Å²) in [6, 6.07) is 2.16. The molecule has 0 aliphatic heterocycles. The van der Waals surface area contributed by atoms with Crippen molar-refractivity contribution in [2.24, 2.45) is 7.05 Å². The number of pyridine rings is 1. The second-order valence-electron chi connectivity index (χ2n) is 4.96. The highest BCUT2D eigenvalue weighted by atomic mass is 16.5. The standard InChI is InChI=1S/C14H21N5O/c1-9-6-10(2)14(20-5)17-12(9)7-15-11(3)13-16-8-19(4)18-13/h6,8,11,15H,7H2,1-5H3/t11-/m0/s1. The molecule has 0 unspecified atom stereocenters. The second-order valence-corrected chi connectivity index (χ2v) is 4.96. The molecule has 108 valence electrons. The fourth-order valence-electron chi connectivity index (χ4n) is 2.05. The second kappa shape index (κ2) is 6.00. The van der Waals surface area contributed by atoms with Crippen molar-refractivity contribution in [3.05, 3.63) is 35.0 Å². The van der Waals surface area contributed by atoms with Gasteiger partial charge in [-0.3, -0.25) is 4.68 Å². The Labute approximate surface area is 119 Å². The summed E-state index contributed by atoms with van der Waals surface area (Å²) in [6.45, 7) is 6.74. The van der Waals surface area contributed by atoms with Crippen molar-refractivity contribution in [2.45, 2.75) is 33.4 Å². The van der Waals surface area contributed by atoms with Gasteiger partial charge < -0.3 is 10.1 Å². The summed E-state index contributed by atoms with van der Waals surface area (Å²) < 4.78 is 6.97. The van der Waals surface area contributed by atoms with E-state index in [4.69, 9.17) is 4.74 Å². The molecular weight excluding hydrogens is 254 g/mol. The van der Waals surface area contributed by atoms with Gasteiger partial charge >= 0.3 is 0 Å². The first-order valence-corrected chi connectivity index (χ1v) is 6.61. The van der Waals surface area contributed by atoms with Gasteiger partial charge in [0.25, 0.3) is 0 Å². The molecular formula is C14H21N5O. The normalized spacial score (nSPS) is 12.4. The Hall–Kier alpha value is -1.95. The number of hydrogen-bond donors (Lipinski definition) is 1. The highest BCUT2D eigenvalue weighted by Gasteiger charge is 2.12. The Balaban J connectivity index is 2.07. The van der Waals surface area contributed by atoms with Gasteiger partial charge in [-0.05, 0) is 32.4 Å². The van der Waals surface area contributed by atoms with E-state index in [-0.39, 0.29) is 6.04 Å². The smallest absolute Gasteiger partial charge is 0.216 e. The van der Waals surface area contributed by atoms with E-state index in [0.717, 1.165) is 22.6 Å². The maximum atomic E-state index is 5.27. The maximum absolute atomic E-state index is 5.27. The lowest BCUT2D eigenvalue weighted by Crippen LogP contribution is -2.21. The number of nitrogens with zero attached hydrogens (tertiary/aromatic N) is 4. The predicted molar refractivity (Wildman–Crippen MR) is 76.5 cm³/mol. The van der Waals surface area contributed by atoms with Gasteiger partial charge in [0, 0.05) is 19.2 Å². The number of rotatable bonds is 5. The van der Waals surface area contributed by atoms with Crippen LogP contribution < -0.4 is 10.1 Å². The van der Waals surface area contributed by atoms with E-state index < -0.39 is 0 Å². The zero-order valence-corrected chi connectivity index (χ0v) is 12.6. The fourth-order valence-corrected chi connectivity index (χ4v) is 2.05. The van der Waals surface area contributed by atoms with Crippen LogP contribution in [0.1, 0.15) is 35.6 Å². The molecule has 0 saturated heterocycles. The van der Waals surface area contributed by atoms with E-state index >= 15 is 0 Å². The average Bonchev–Trinajstić information content (AvgIpc) is 2.84. The minimum atomic E-state index is 0.0738. The molecule has 6 nitrogen and oxygen atoms in total. The van der Waals surface area contributed by atoms with Crippen LogP contribution in [0.5, 0.6) is 5.88 Å². The van der Waals surface area contributed by atoms with Crippen molar-refractivity contribution in [1.82, 2.24) is 25.1 Å². The summed E-state index contributed by atoms with van der Waals surface area (Å²) in [5.41, 5.74) is 3.18.